The third-order valence-electron chi connectivity index (χ3n) is 3.55. The van der Waals surface area contributed by atoms with E-state index in [-0.39, 0.29) is 17.2 Å². The minimum Gasteiger partial charge on any atom is -0.324 e. The molecule has 0 aliphatic heterocycles. The van der Waals surface area contributed by atoms with Crippen molar-refractivity contribution in [2.45, 2.75) is 31.7 Å². The van der Waals surface area contributed by atoms with E-state index in [1.54, 1.807) is 12.1 Å². The molecule has 0 N–H and O–H groups in total. The molecule has 0 aliphatic rings. The van der Waals surface area contributed by atoms with Gasteiger partial charge in [0.25, 0.3) is 0 Å². The van der Waals surface area contributed by atoms with Gasteiger partial charge in [0, 0.05) is 12.1 Å². The van der Waals surface area contributed by atoms with Gasteiger partial charge >= 0.3 is 0 Å². The lowest BCUT2D eigenvalue weighted by Crippen LogP contribution is -2.18. The molecule has 1 heterocycles. The summed E-state index contributed by atoms with van der Waals surface area (Å²) in [6.45, 7) is 4.99. The molecule has 3 nitrogen and oxygen atoms in total. The quantitative estimate of drug-likeness (QED) is 0.518. The van der Waals surface area contributed by atoms with E-state index in [2.05, 4.69) is 21.4 Å². The molecule has 2 atom stereocenters. The molecule has 21 heavy (non-hydrogen) atoms. The Morgan fingerprint density at radius 3 is 2.62 bits per heavy atom. The summed E-state index contributed by atoms with van der Waals surface area (Å²) < 4.78 is 16.6. The van der Waals surface area contributed by atoms with Gasteiger partial charge in [-0.15, -0.1) is 11.6 Å². The molecule has 0 radical (unpaired) electrons. The fourth-order valence-corrected chi connectivity index (χ4v) is 3.03. The van der Waals surface area contributed by atoms with E-state index in [0.717, 1.165) is 29.8 Å². The van der Waals surface area contributed by atoms with Gasteiger partial charge < -0.3 is 9.47 Å². The molecule has 0 saturated carbocycles. The van der Waals surface area contributed by atoms with Crippen LogP contribution in [0.15, 0.2) is 12.1 Å². The van der Waals surface area contributed by atoms with Gasteiger partial charge in [-0.3, -0.25) is 0 Å². The van der Waals surface area contributed by atoms with Gasteiger partial charge in [-0.1, -0.05) is 0 Å². The SMILES string of the molecule is CC(Cl)c1nc2cc(I)c(F)cc2n1C(C)CCN(C)C. The van der Waals surface area contributed by atoms with Crippen LogP contribution in [0, 0.1) is 9.39 Å². The van der Waals surface area contributed by atoms with E-state index in [9.17, 15) is 4.39 Å². The van der Waals surface area contributed by atoms with Crippen LogP contribution in [-0.2, 0) is 0 Å². The summed E-state index contributed by atoms with van der Waals surface area (Å²) in [6.07, 6.45) is 0.961. The number of benzene rings is 1. The number of halogens is 3. The van der Waals surface area contributed by atoms with Crippen LogP contribution in [0.25, 0.3) is 11.0 Å². The molecule has 116 valence electrons. The van der Waals surface area contributed by atoms with Crippen molar-refractivity contribution in [1.29, 1.82) is 0 Å². The monoisotopic (exact) mass is 423 g/mol. The molecular formula is C15H20ClFIN3. The minimum atomic E-state index is -0.210. The highest BCUT2D eigenvalue weighted by molar-refractivity contribution is 14.1. The van der Waals surface area contributed by atoms with E-state index >= 15 is 0 Å². The van der Waals surface area contributed by atoms with Gasteiger partial charge in [0.2, 0.25) is 0 Å². The predicted octanol–water partition coefficient (Wildman–Crippen LogP) is 4.59. The number of nitrogens with zero attached hydrogens (tertiary/aromatic N) is 3. The van der Waals surface area contributed by atoms with Crippen molar-refractivity contribution in [1.82, 2.24) is 14.5 Å². The van der Waals surface area contributed by atoms with Gasteiger partial charge in [-0.25, -0.2) is 9.37 Å². The van der Waals surface area contributed by atoms with Gasteiger partial charge in [0.1, 0.15) is 11.6 Å². The molecule has 2 aromatic rings. The Kier molecular flexibility index (Phi) is 5.48. The molecule has 1 aromatic heterocycles. The number of hydrogen-bond donors (Lipinski definition) is 0. The second kappa shape index (κ2) is 6.79. The van der Waals surface area contributed by atoms with Gasteiger partial charge in [-0.05, 0) is 69.6 Å². The average molecular weight is 424 g/mol. The Balaban J connectivity index is 2.52. The third kappa shape index (κ3) is 3.68. The lowest BCUT2D eigenvalue weighted by Gasteiger charge is -2.20. The first-order valence-electron chi connectivity index (χ1n) is 6.97. The molecule has 0 aliphatic carbocycles. The molecule has 2 unspecified atom stereocenters. The van der Waals surface area contributed by atoms with E-state index in [1.165, 1.54) is 0 Å². The molecule has 1 aromatic carbocycles. The lowest BCUT2D eigenvalue weighted by atomic mass is 10.2. The Morgan fingerprint density at radius 2 is 2.05 bits per heavy atom. The van der Waals surface area contributed by atoms with Gasteiger partial charge in [0.05, 0.1) is 20.0 Å². The summed E-state index contributed by atoms with van der Waals surface area (Å²) in [4.78, 5) is 6.75. The van der Waals surface area contributed by atoms with Crippen molar-refractivity contribution in [2.24, 2.45) is 0 Å². The molecular weight excluding hydrogens is 404 g/mol. The molecule has 0 saturated heterocycles. The Morgan fingerprint density at radius 1 is 1.38 bits per heavy atom. The normalized spacial score (nSPS) is 14.9. The van der Waals surface area contributed by atoms with Crippen molar-refractivity contribution < 1.29 is 4.39 Å². The highest BCUT2D eigenvalue weighted by atomic mass is 127. The van der Waals surface area contributed by atoms with Gasteiger partial charge in [-0.2, -0.15) is 0 Å². The van der Waals surface area contributed by atoms with Crippen LogP contribution < -0.4 is 0 Å². The topological polar surface area (TPSA) is 21.1 Å². The van der Waals surface area contributed by atoms with Crippen molar-refractivity contribution in [3.63, 3.8) is 0 Å². The predicted molar refractivity (Wildman–Crippen MR) is 94.6 cm³/mol. The maximum atomic E-state index is 13.9. The number of hydrogen-bond acceptors (Lipinski definition) is 2. The first kappa shape index (κ1) is 17.0. The number of imidazole rings is 1. The van der Waals surface area contributed by atoms with E-state index in [0.29, 0.717) is 3.57 Å². The Hall–Kier alpha value is -0.400. The molecule has 0 fully saturated rings. The molecule has 6 heteroatoms. The minimum absolute atomic E-state index is 0.208. The second-order valence-corrected chi connectivity index (χ2v) is 7.47. The number of fused-ring (bicyclic) bond motifs is 1. The van der Waals surface area contributed by atoms with E-state index in [1.807, 2.05) is 43.6 Å². The van der Waals surface area contributed by atoms with Crippen molar-refractivity contribution in [2.75, 3.05) is 20.6 Å². The molecule has 0 spiro atoms. The van der Waals surface area contributed by atoms with Crippen LogP contribution in [0.4, 0.5) is 4.39 Å². The Labute approximate surface area is 143 Å². The summed E-state index contributed by atoms with van der Waals surface area (Å²) in [6, 6.07) is 3.57. The highest BCUT2D eigenvalue weighted by Crippen LogP contribution is 2.31. The summed E-state index contributed by atoms with van der Waals surface area (Å²) in [7, 11) is 4.09. The second-order valence-electron chi connectivity index (χ2n) is 5.65. The maximum absolute atomic E-state index is 13.9. The van der Waals surface area contributed by atoms with E-state index < -0.39 is 0 Å². The van der Waals surface area contributed by atoms with Crippen molar-refractivity contribution >= 4 is 45.2 Å². The zero-order valence-corrected chi connectivity index (χ0v) is 15.6. The summed E-state index contributed by atoms with van der Waals surface area (Å²) >= 11 is 8.27. The van der Waals surface area contributed by atoms with Crippen LogP contribution >= 0.6 is 34.2 Å². The first-order valence-corrected chi connectivity index (χ1v) is 8.48. The summed E-state index contributed by atoms with van der Waals surface area (Å²) in [5.41, 5.74) is 1.63. The van der Waals surface area contributed by atoms with Crippen molar-refractivity contribution in [3.8, 4) is 0 Å². The zero-order valence-electron chi connectivity index (χ0n) is 12.7. The van der Waals surface area contributed by atoms with E-state index in [4.69, 9.17) is 11.6 Å². The smallest absolute Gasteiger partial charge is 0.138 e. The van der Waals surface area contributed by atoms with Crippen LogP contribution in [0.5, 0.6) is 0 Å². The Bertz CT molecular complexity index is 639. The lowest BCUT2D eigenvalue weighted by molar-refractivity contribution is 0.357. The van der Waals surface area contributed by atoms with Crippen molar-refractivity contribution in [3.05, 3.63) is 27.3 Å². The van der Waals surface area contributed by atoms with Crippen LogP contribution in [0.3, 0.4) is 0 Å². The largest absolute Gasteiger partial charge is 0.324 e. The number of alkyl halides is 1. The number of rotatable bonds is 5. The molecule has 2 rings (SSSR count). The summed E-state index contributed by atoms with van der Waals surface area (Å²) in [5.74, 6) is 0.595. The van der Waals surface area contributed by atoms with Crippen LogP contribution in [0.2, 0.25) is 0 Å². The first-order chi connectivity index (χ1) is 9.81. The third-order valence-corrected chi connectivity index (χ3v) is 4.57. The zero-order chi connectivity index (χ0) is 15.7. The fraction of sp³-hybridized carbons (Fsp3) is 0.533. The standard InChI is InChI=1S/C15H20ClFIN3/c1-9(5-6-20(3)4)21-14-7-11(17)12(18)8-13(14)19-15(21)10(2)16/h7-10H,5-6H2,1-4H3. The maximum Gasteiger partial charge on any atom is 0.138 e. The average Bonchev–Trinajstić information content (AvgIpc) is 2.75. The highest BCUT2D eigenvalue weighted by Gasteiger charge is 2.20. The molecule has 0 bridgehead atoms. The fourth-order valence-electron chi connectivity index (χ4n) is 2.43. The van der Waals surface area contributed by atoms with Gasteiger partial charge in [0.15, 0.2) is 0 Å². The molecule has 0 amide bonds. The van der Waals surface area contributed by atoms with Crippen LogP contribution in [-0.4, -0.2) is 35.1 Å². The van der Waals surface area contributed by atoms with Crippen LogP contribution in [0.1, 0.15) is 37.5 Å². The number of aromatic nitrogens is 2. The summed E-state index contributed by atoms with van der Waals surface area (Å²) in [5, 5.41) is -0.208.